The molecule has 2 saturated carbocycles. The summed E-state index contributed by atoms with van der Waals surface area (Å²) in [5.41, 5.74) is 6.10. The standard InChI is InChI=1S/C34H52N6/c1-6-27(9-8-26(3)35-4)32-30-11-10-28(22-31(30)37(5)36-32)39-18-20-40(21-19-39)29-23-34(24-29)14-16-38(17-15-34)25-33(7-2)12-13-33/h6,10-11,22,27,29,35H,1,3,7-9,12-21,23-25H2,2,4-5H3. The van der Waals surface area contributed by atoms with Crippen LogP contribution in [-0.4, -0.2) is 78.5 Å². The molecule has 0 bridgehead atoms. The number of nitrogens with zero attached hydrogens (tertiary/aromatic N) is 5. The van der Waals surface area contributed by atoms with Gasteiger partial charge in [-0.1, -0.05) is 19.6 Å². The number of fused-ring (bicyclic) bond motifs is 1. The Labute approximate surface area is 242 Å². The monoisotopic (exact) mass is 544 g/mol. The molecule has 6 heteroatoms. The third kappa shape index (κ3) is 5.46. The fraction of sp³-hybridized carbons (Fsp3) is 0.676. The molecule has 40 heavy (non-hydrogen) atoms. The highest BCUT2D eigenvalue weighted by atomic mass is 15.3. The van der Waals surface area contributed by atoms with Crippen LogP contribution in [0.25, 0.3) is 10.9 Å². The number of aromatic nitrogens is 2. The highest BCUT2D eigenvalue weighted by Crippen LogP contribution is 2.53. The van der Waals surface area contributed by atoms with Gasteiger partial charge in [0, 0.05) is 75.5 Å². The van der Waals surface area contributed by atoms with Crippen molar-refractivity contribution in [3.8, 4) is 0 Å². The van der Waals surface area contributed by atoms with Gasteiger partial charge in [0.05, 0.1) is 11.2 Å². The molecule has 2 saturated heterocycles. The summed E-state index contributed by atoms with van der Waals surface area (Å²) in [6.45, 7) is 19.3. The Balaban J connectivity index is 1.01. The van der Waals surface area contributed by atoms with Crippen molar-refractivity contribution in [1.82, 2.24) is 24.9 Å². The summed E-state index contributed by atoms with van der Waals surface area (Å²) in [5, 5.41) is 9.35. The van der Waals surface area contributed by atoms with Gasteiger partial charge in [-0.15, -0.1) is 6.58 Å². The smallest absolute Gasteiger partial charge is 0.0771 e. The van der Waals surface area contributed by atoms with Crippen molar-refractivity contribution in [2.75, 3.05) is 57.8 Å². The average molecular weight is 545 g/mol. The van der Waals surface area contributed by atoms with E-state index in [1.807, 2.05) is 13.1 Å². The van der Waals surface area contributed by atoms with Gasteiger partial charge < -0.3 is 15.1 Å². The summed E-state index contributed by atoms with van der Waals surface area (Å²) in [7, 11) is 4.01. The molecule has 1 unspecified atom stereocenters. The van der Waals surface area contributed by atoms with E-state index in [-0.39, 0.29) is 5.92 Å². The van der Waals surface area contributed by atoms with Crippen LogP contribution in [0.3, 0.4) is 0 Å². The van der Waals surface area contributed by atoms with E-state index in [9.17, 15) is 0 Å². The van der Waals surface area contributed by atoms with Gasteiger partial charge in [0.15, 0.2) is 0 Å². The number of benzene rings is 1. The van der Waals surface area contributed by atoms with Crippen LogP contribution >= 0.6 is 0 Å². The zero-order valence-electron chi connectivity index (χ0n) is 25.4. The molecule has 6 nitrogen and oxygen atoms in total. The predicted octanol–water partition coefficient (Wildman–Crippen LogP) is 5.91. The highest BCUT2D eigenvalue weighted by molar-refractivity contribution is 5.86. The van der Waals surface area contributed by atoms with Crippen molar-refractivity contribution < 1.29 is 0 Å². The quantitative estimate of drug-likeness (QED) is 0.356. The Morgan fingerprint density at radius 3 is 2.45 bits per heavy atom. The lowest BCUT2D eigenvalue weighted by molar-refractivity contribution is -0.0468. The average Bonchev–Trinajstić information content (AvgIpc) is 3.67. The number of allylic oxidation sites excluding steroid dienone is 2. The second-order valence-corrected chi connectivity index (χ2v) is 13.7. The molecule has 4 fully saturated rings. The Hall–Kier alpha value is -2.31. The second-order valence-electron chi connectivity index (χ2n) is 13.7. The number of hydrogen-bond donors (Lipinski definition) is 1. The largest absolute Gasteiger partial charge is 0.392 e. The number of aryl methyl sites for hydroxylation is 1. The molecule has 0 radical (unpaired) electrons. The Morgan fingerprint density at radius 1 is 1.10 bits per heavy atom. The second kappa shape index (κ2) is 11.2. The summed E-state index contributed by atoms with van der Waals surface area (Å²) >= 11 is 0. The third-order valence-corrected chi connectivity index (χ3v) is 11.3. The van der Waals surface area contributed by atoms with Crippen LogP contribution in [0, 0.1) is 10.8 Å². The van der Waals surface area contributed by atoms with E-state index in [4.69, 9.17) is 5.10 Å². The molecule has 3 heterocycles. The van der Waals surface area contributed by atoms with E-state index in [1.54, 1.807) is 0 Å². The zero-order chi connectivity index (χ0) is 27.9. The predicted molar refractivity (Wildman–Crippen MR) is 168 cm³/mol. The van der Waals surface area contributed by atoms with E-state index in [0.717, 1.165) is 43.4 Å². The molecule has 4 aliphatic rings. The summed E-state index contributed by atoms with van der Waals surface area (Å²) in [6, 6.07) is 7.77. The number of nitrogens with one attached hydrogen (secondary N) is 1. The molecule has 2 aromatic rings. The van der Waals surface area contributed by atoms with Gasteiger partial charge in [0.1, 0.15) is 0 Å². The van der Waals surface area contributed by atoms with Crippen LogP contribution in [0.2, 0.25) is 0 Å². The Kier molecular flexibility index (Phi) is 7.77. The maximum atomic E-state index is 4.94. The van der Waals surface area contributed by atoms with Crippen molar-refractivity contribution in [2.24, 2.45) is 17.9 Å². The van der Waals surface area contributed by atoms with E-state index in [0.29, 0.717) is 10.8 Å². The molecule has 2 aliphatic carbocycles. The van der Waals surface area contributed by atoms with Crippen LogP contribution in [0.15, 0.2) is 43.1 Å². The number of anilines is 1. The minimum absolute atomic E-state index is 0.229. The molecule has 1 atom stereocenters. The van der Waals surface area contributed by atoms with Gasteiger partial charge in [-0.25, -0.2) is 0 Å². The molecule has 1 spiro atoms. The number of hydrogen-bond acceptors (Lipinski definition) is 5. The number of piperidine rings is 1. The fourth-order valence-electron chi connectivity index (χ4n) is 7.98. The van der Waals surface area contributed by atoms with Crippen molar-refractivity contribution in [3.63, 3.8) is 0 Å². The number of likely N-dealkylation sites (tertiary alicyclic amines) is 1. The van der Waals surface area contributed by atoms with Gasteiger partial charge in [-0.05, 0) is 99.9 Å². The van der Waals surface area contributed by atoms with Gasteiger partial charge in [0.25, 0.3) is 0 Å². The van der Waals surface area contributed by atoms with Gasteiger partial charge in [-0.3, -0.25) is 9.58 Å². The molecular formula is C34H52N6. The third-order valence-electron chi connectivity index (χ3n) is 11.3. The van der Waals surface area contributed by atoms with Crippen LogP contribution in [0.1, 0.15) is 76.3 Å². The lowest BCUT2D eigenvalue weighted by atomic mass is 9.60. The van der Waals surface area contributed by atoms with E-state index in [2.05, 4.69) is 70.0 Å². The van der Waals surface area contributed by atoms with E-state index >= 15 is 0 Å². The van der Waals surface area contributed by atoms with E-state index < -0.39 is 0 Å². The van der Waals surface area contributed by atoms with Crippen molar-refractivity contribution in [2.45, 2.75) is 76.7 Å². The highest BCUT2D eigenvalue weighted by Gasteiger charge is 2.49. The number of piperazine rings is 1. The van der Waals surface area contributed by atoms with Crippen LogP contribution in [-0.2, 0) is 7.05 Å². The Bertz CT molecular complexity index is 1200. The van der Waals surface area contributed by atoms with Crippen LogP contribution in [0.5, 0.6) is 0 Å². The van der Waals surface area contributed by atoms with Crippen LogP contribution < -0.4 is 10.2 Å². The summed E-state index contributed by atoms with van der Waals surface area (Å²) in [4.78, 5) is 8.19. The maximum Gasteiger partial charge on any atom is 0.0771 e. The molecule has 218 valence electrons. The molecule has 2 aliphatic heterocycles. The first-order chi connectivity index (χ1) is 19.4. The lowest BCUT2D eigenvalue weighted by Crippen LogP contribution is -2.59. The van der Waals surface area contributed by atoms with Crippen molar-refractivity contribution in [3.05, 3.63) is 48.8 Å². The number of rotatable bonds is 11. The molecule has 0 amide bonds. The molecule has 1 aromatic heterocycles. The maximum absolute atomic E-state index is 4.94. The summed E-state index contributed by atoms with van der Waals surface area (Å²) in [6.07, 6.45) is 14.0. The fourth-order valence-corrected chi connectivity index (χ4v) is 7.98. The first-order valence-corrected chi connectivity index (χ1v) is 16.0. The van der Waals surface area contributed by atoms with E-state index in [1.165, 1.54) is 94.3 Å². The van der Waals surface area contributed by atoms with Gasteiger partial charge >= 0.3 is 0 Å². The first kappa shape index (κ1) is 27.8. The minimum Gasteiger partial charge on any atom is -0.392 e. The molecule has 1 aromatic carbocycles. The molecule has 6 rings (SSSR count). The molecule has 1 N–H and O–H groups in total. The normalized spacial score (nSPS) is 23.7. The summed E-state index contributed by atoms with van der Waals surface area (Å²) < 4.78 is 2.06. The van der Waals surface area contributed by atoms with Gasteiger partial charge in [0.2, 0.25) is 0 Å². The SMILES string of the molecule is C=CC(CCC(=C)NC)c1nn(C)c2cc(N3CCN(C4CC5(CCN(CC6(CC)CC6)CC5)C4)CC3)ccc12. The summed E-state index contributed by atoms with van der Waals surface area (Å²) in [5.74, 6) is 0.229. The van der Waals surface area contributed by atoms with Crippen LogP contribution in [0.4, 0.5) is 5.69 Å². The lowest BCUT2D eigenvalue weighted by Gasteiger charge is -2.56. The Morgan fingerprint density at radius 2 is 1.82 bits per heavy atom. The molecular weight excluding hydrogens is 492 g/mol. The van der Waals surface area contributed by atoms with Gasteiger partial charge in [-0.2, -0.15) is 5.10 Å². The van der Waals surface area contributed by atoms with Crippen molar-refractivity contribution >= 4 is 16.6 Å². The topological polar surface area (TPSA) is 39.6 Å². The zero-order valence-corrected chi connectivity index (χ0v) is 25.4. The first-order valence-electron chi connectivity index (χ1n) is 16.0. The minimum atomic E-state index is 0.229. The van der Waals surface area contributed by atoms with Crippen molar-refractivity contribution in [1.29, 1.82) is 0 Å².